The average Bonchev–Trinajstić information content (AvgIpc) is 2.19. The maximum absolute atomic E-state index is 8.58. The Morgan fingerprint density at radius 1 is 1.00 bits per heavy atom. The Labute approximate surface area is 86.6 Å². The van der Waals surface area contributed by atoms with Crippen molar-refractivity contribution in [3.8, 4) is 0 Å². The molecule has 0 aromatic heterocycles. The van der Waals surface area contributed by atoms with Crippen molar-refractivity contribution >= 4 is 0 Å². The molecule has 0 heterocycles. The summed E-state index contributed by atoms with van der Waals surface area (Å²) in [5.41, 5.74) is 1.39. The van der Waals surface area contributed by atoms with Crippen LogP contribution in [0.15, 0.2) is 24.3 Å². The van der Waals surface area contributed by atoms with Crippen LogP contribution in [0.4, 0.5) is 0 Å². The molecule has 1 aromatic rings. The third-order valence-electron chi connectivity index (χ3n) is 2.16. The highest BCUT2D eigenvalue weighted by Gasteiger charge is 1.91. The van der Waals surface area contributed by atoms with Crippen LogP contribution in [0, 0.1) is 6.07 Å². The second-order valence-electron chi connectivity index (χ2n) is 3.30. The third-order valence-corrected chi connectivity index (χ3v) is 2.16. The van der Waals surface area contributed by atoms with Gasteiger partial charge in [0.15, 0.2) is 0 Å². The van der Waals surface area contributed by atoms with E-state index >= 15 is 0 Å². The molecular formula is C12H20NO. The molecule has 0 fully saturated rings. The van der Waals surface area contributed by atoms with Crippen LogP contribution in [0.1, 0.15) is 31.2 Å². The number of aliphatic hydroxyl groups excluding tert-OH is 1. The van der Waals surface area contributed by atoms with Crippen molar-refractivity contribution in [1.29, 1.82) is 0 Å². The first-order valence-electron chi connectivity index (χ1n) is 4.99. The Morgan fingerprint density at radius 2 is 1.64 bits per heavy atom. The molecule has 14 heavy (non-hydrogen) atoms. The van der Waals surface area contributed by atoms with Crippen LogP contribution in [0.3, 0.4) is 0 Å². The topological polar surface area (TPSA) is 55.2 Å². The number of hydrogen-bond acceptors (Lipinski definition) is 2. The summed E-state index contributed by atoms with van der Waals surface area (Å²) in [6.07, 6.45) is 5.70. The van der Waals surface area contributed by atoms with Gasteiger partial charge in [-0.25, -0.2) is 0 Å². The quantitative estimate of drug-likeness (QED) is 0.684. The molecule has 0 saturated heterocycles. The summed E-state index contributed by atoms with van der Waals surface area (Å²) in [6, 6.07) is 11.2. The lowest BCUT2D eigenvalue weighted by atomic mass is 10.1. The minimum atomic E-state index is 0. The lowest BCUT2D eigenvalue weighted by Crippen LogP contribution is -1.87. The van der Waals surface area contributed by atoms with Crippen LogP contribution in [-0.4, -0.2) is 11.7 Å². The first-order valence-corrected chi connectivity index (χ1v) is 4.99. The van der Waals surface area contributed by atoms with E-state index in [1.807, 2.05) is 12.1 Å². The van der Waals surface area contributed by atoms with Crippen LogP contribution in [0.5, 0.6) is 0 Å². The summed E-state index contributed by atoms with van der Waals surface area (Å²) in [4.78, 5) is 0. The van der Waals surface area contributed by atoms with Gasteiger partial charge in [-0.2, -0.15) is 0 Å². The Balaban J connectivity index is 0.00000169. The first-order chi connectivity index (χ1) is 6.43. The molecule has 0 saturated carbocycles. The van der Waals surface area contributed by atoms with Gasteiger partial charge in [-0.05, 0) is 30.9 Å². The van der Waals surface area contributed by atoms with E-state index in [2.05, 4.69) is 18.2 Å². The molecule has 4 N–H and O–H groups in total. The number of aliphatic hydroxyl groups is 1. The molecule has 2 heteroatoms. The molecule has 0 aliphatic carbocycles. The molecule has 1 radical (unpaired) electrons. The molecule has 0 bridgehead atoms. The van der Waals surface area contributed by atoms with Crippen LogP contribution in [0.2, 0.25) is 0 Å². The van der Waals surface area contributed by atoms with Gasteiger partial charge in [-0.15, -0.1) is 0 Å². The van der Waals surface area contributed by atoms with E-state index in [0.717, 1.165) is 19.3 Å². The molecule has 0 spiro atoms. The van der Waals surface area contributed by atoms with Gasteiger partial charge < -0.3 is 11.3 Å². The maximum atomic E-state index is 8.58. The molecule has 0 amide bonds. The van der Waals surface area contributed by atoms with Crippen LogP contribution in [0.25, 0.3) is 0 Å². The molecule has 0 aliphatic heterocycles. The summed E-state index contributed by atoms with van der Waals surface area (Å²) in [6.45, 7) is 0.334. The second-order valence-corrected chi connectivity index (χ2v) is 3.30. The number of hydrogen-bond donors (Lipinski definition) is 2. The van der Waals surface area contributed by atoms with Gasteiger partial charge in [-0.1, -0.05) is 37.1 Å². The molecular weight excluding hydrogens is 174 g/mol. The zero-order valence-corrected chi connectivity index (χ0v) is 8.71. The van der Waals surface area contributed by atoms with E-state index in [0.29, 0.717) is 6.61 Å². The summed E-state index contributed by atoms with van der Waals surface area (Å²) >= 11 is 0. The number of benzene rings is 1. The Bertz CT molecular complexity index is 211. The monoisotopic (exact) mass is 194 g/mol. The Kier molecular flexibility index (Phi) is 8.19. The average molecular weight is 194 g/mol. The number of rotatable bonds is 6. The minimum Gasteiger partial charge on any atom is -0.396 e. The standard InChI is InChI=1S/C12H17O.H3N/c13-11-7-2-1-4-8-12-9-5-3-6-10-12;/h5-6,9-10,13H,1-2,4,7-8,11H2;1H3. The van der Waals surface area contributed by atoms with Gasteiger partial charge in [0.25, 0.3) is 0 Å². The van der Waals surface area contributed by atoms with E-state index < -0.39 is 0 Å². The van der Waals surface area contributed by atoms with Crippen molar-refractivity contribution in [2.75, 3.05) is 6.61 Å². The molecule has 0 unspecified atom stereocenters. The summed E-state index contributed by atoms with van der Waals surface area (Å²) in [5, 5.41) is 8.58. The third kappa shape index (κ3) is 5.73. The van der Waals surface area contributed by atoms with Gasteiger partial charge in [0.2, 0.25) is 0 Å². The highest BCUT2D eigenvalue weighted by Crippen LogP contribution is 2.06. The summed E-state index contributed by atoms with van der Waals surface area (Å²) in [7, 11) is 0. The Hall–Kier alpha value is -0.860. The van der Waals surface area contributed by atoms with Crippen LogP contribution >= 0.6 is 0 Å². The van der Waals surface area contributed by atoms with E-state index in [1.54, 1.807) is 0 Å². The SMILES string of the molecule is N.OCCCCCCc1cc[c]cc1. The van der Waals surface area contributed by atoms with Crippen molar-refractivity contribution in [3.05, 3.63) is 35.9 Å². The highest BCUT2D eigenvalue weighted by atomic mass is 16.2. The highest BCUT2D eigenvalue weighted by molar-refractivity contribution is 5.13. The molecule has 2 nitrogen and oxygen atoms in total. The van der Waals surface area contributed by atoms with E-state index in [-0.39, 0.29) is 6.15 Å². The fourth-order valence-electron chi connectivity index (χ4n) is 1.38. The zero-order valence-electron chi connectivity index (χ0n) is 8.71. The van der Waals surface area contributed by atoms with Crippen molar-refractivity contribution in [2.45, 2.75) is 32.1 Å². The van der Waals surface area contributed by atoms with Crippen molar-refractivity contribution in [2.24, 2.45) is 0 Å². The van der Waals surface area contributed by atoms with Gasteiger partial charge in [-0.3, -0.25) is 0 Å². The van der Waals surface area contributed by atoms with Gasteiger partial charge in [0.05, 0.1) is 0 Å². The van der Waals surface area contributed by atoms with Gasteiger partial charge >= 0.3 is 0 Å². The van der Waals surface area contributed by atoms with Crippen LogP contribution < -0.4 is 6.15 Å². The number of unbranched alkanes of at least 4 members (excludes halogenated alkanes) is 3. The fourth-order valence-corrected chi connectivity index (χ4v) is 1.38. The number of aryl methyl sites for hydroxylation is 1. The first kappa shape index (κ1) is 13.1. The van der Waals surface area contributed by atoms with E-state index in [1.165, 1.54) is 18.4 Å². The largest absolute Gasteiger partial charge is 0.396 e. The smallest absolute Gasteiger partial charge is 0.0431 e. The predicted molar refractivity (Wildman–Crippen MR) is 59.6 cm³/mol. The molecule has 79 valence electrons. The molecule has 1 aromatic carbocycles. The van der Waals surface area contributed by atoms with Crippen molar-refractivity contribution in [1.82, 2.24) is 6.15 Å². The fraction of sp³-hybridized carbons (Fsp3) is 0.500. The maximum Gasteiger partial charge on any atom is 0.0431 e. The zero-order chi connectivity index (χ0) is 9.36. The second kappa shape index (κ2) is 8.73. The molecule has 0 atom stereocenters. The van der Waals surface area contributed by atoms with Gasteiger partial charge in [0, 0.05) is 6.61 Å². The Morgan fingerprint density at radius 3 is 2.29 bits per heavy atom. The van der Waals surface area contributed by atoms with Gasteiger partial charge in [0.1, 0.15) is 0 Å². The normalized spacial score (nSPS) is 9.50. The summed E-state index contributed by atoms with van der Waals surface area (Å²) in [5.74, 6) is 0. The molecule has 1 rings (SSSR count). The predicted octanol–water partition coefficient (Wildman–Crippen LogP) is 2.74. The lowest BCUT2D eigenvalue weighted by Gasteiger charge is -2.00. The van der Waals surface area contributed by atoms with Crippen LogP contribution in [-0.2, 0) is 6.42 Å². The minimum absolute atomic E-state index is 0. The lowest BCUT2D eigenvalue weighted by molar-refractivity contribution is 0.282. The molecule has 0 aliphatic rings. The summed E-state index contributed by atoms with van der Waals surface area (Å²) < 4.78 is 0. The van der Waals surface area contributed by atoms with E-state index in [9.17, 15) is 0 Å². The van der Waals surface area contributed by atoms with Crippen molar-refractivity contribution < 1.29 is 5.11 Å². The van der Waals surface area contributed by atoms with Crippen molar-refractivity contribution in [3.63, 3.8) is 0 Å². The van der Waals surface area contributed by atoms with E-state index in [4.69, 9.17) is 5.11 Å².